The average molecular weight is 201 g/mol. The van der Waals surface area contributed by atoms with Gasteiger partial charge in [0.15, 0.2) is 0 Å². The Balaban J connectivity index is 5.25. The molecule has 0 aliphatic rings. The van der Waals surface area contributed by atoms with Gasteiger partial charge in [0, 0.05) is 0 Å². The Morgan fingerprint density at radius 1 is 1.54 bits per heavy atom. The summed E-state index contributed by atoms with van der Waals surface area (Å²) < 4.78 is 22.1. The van der Waals surface area contributed by atoms with Crippen LogP contribution < -0.4 is 5.14 Å². The highest BCUT2D eigenvalue weighted by Crippen LogP contribution is 2.11. The summed E-state index contributed by atoms with van der Waals surface area (Å²) in [5.41, 5.74) is 0.562. The zero-order valence-electron chi connectivity index (χ0n) is 7.95. The molecule has 0 aromatic heterocycles. The molecule has 0 amide bonds. The maximum absolute atomic E-state index is 11.1. The fourth-order valence-electron chi connectivity index (χ4n) is 0.776. The van der Waals surface area contributed by atoms with Crippen molar-refractivity contribution in [1.29, 1.82) is 0 Å². The van der Waals surface area contributed by atoms with Gasteiger partial charge in [-0.15, -0.1) is 0 Å². The molecule has 0 atom stereocenters. The van der Waals surface area contributed by atoms with Crippen LogP contribution in [0.15, 0.2) is 35.3 Å². The van der Waals surface area contributed by atoms with E-state index in [-0.39, 0.29) is 4.91 Å². The van der Waals surface area contributed by atoms with Crippen LogP contribution in [0.5, 0.6) is 0 Å². The largest absolute Gasteiger partial charge is 0.238 e. The summed E-state index contributed by atoms with van der Waals surface area (Å²) >= 11 is 0. The molecular formula is C9H15NO2S. The van der Waals surface area contributed by atoms with Crippen LogP contribution >= 0.6 is 0 Å². The van der Waals surface area contributed by atoms with Gasteiger partial charge in [-0.25, -0.2) is 13.6 Å². The third kappa shape index (κ3) is 4.05. The van der Waals surface area contributed by atoms with E-state index in [1.54, 1.807) is 13.0 Å². The average Bonchev–Trinajstić information content (AvgIpc) is 2.02. The molecule has 0 bridgehead atoms. The number of primary sulfonamides is 1. The Morgan fingerprint density at radius 3 is 2.38 bits per heavy atom. The van der Waals surface area contributed by atoms with Crippen molar-refractivity contribution in [2.24, 2.45) is 5.14 Å². The maximum atomic E-state index is 11.1. The third-order valence-electron chi connectivity index (χ3n) is 1.51. The minimum Gasteiger partial charge on any atom is -0.225 e. The number of rotatable bonds is 4. The summed E-state index contributed by atoms with van der Waals surface area (Å²) in [6.45, 7) is 7.07. The van der Waals surface area contributed by atoms with Crippen LogP contribution in [0.1, 0.15) is 20.3 Å². The van der Waals surface area contributed by atoms with Crippen LogP contribution in [0.3, 0.4) is 0 Å². The molecule has 2 N–H and O–H groups in total. The molecule has 0 heterocycles. The second-order valence-corrected chi connectivity index (χ2v) is 4.14. The zero-order valence-corrected chi connectivity index (χ0v) is 8.76. The topological polar surface area (TPSA) is 60.2 Å². The zero-order chi connectivity index (χ0) is 10.5. The van der Waals surface area contributed by atoms with Crippen molar-refractivity contribution in [2.75, 3.05) is 0 Å². The summed E-state index contributed by atoms with van der Waals surface area (Å²) in [5, 5.41) is 5.01. The number of hydrogen-bond acceptors (Lipinski definition) is 2. The van der Waals surface area contributed by atoms with Gasteiger partial charge >= 0.3 is 0 Å². The molecule has 0 aromatic carbocycles. The van der Waals surface area contributed by atoms with Gasteiger partial charge < -0.3 is 0 Å². The normalized spacial score (nSPS) is 14.4. The summed E-state index contributed by atoms with van der Waals surface area (Å²) in [4.78, 5) is 0.129. The third-order valence-corrected chi connectivity index (χ3v) is 2.58. The first kappa shape index (κ1) is 12.1. The highest BCUT2D eigenvalue weighted by molar-refractivity contribution is 7.93. The molecule has 0 aromatic rings. The summed E-state index contributed by atoms with van der Waals surface area (Å²) in [7, 11) is -3.63. The maximum Gasteiger partial charge on any atom is 0.238 e. The summed E-state index contributed by atoms with van der Waals surface area (Å²) in [6, 6.07) is 0. The molecule has 0 saturated carbocycles. The molecule has 0 spiro atoms. The molecular weight excluding hydrogens is 186 g/mol. The quantitative estimate of drug-likeness (QED) is 0.704. The van der Waals surface area contributed by atoms with E-state index in [0.29, 0.717) is 5.57 Å². The SMILES string of the molecule is C=C/C(C)=C(\C=C/CC)S(N)(=O)=O. The highest BCUT2D eigenvalue weighted by Gasteiger charge is 2.10. The molecule has 13 heavy (non-hydrogen) atoms. The first-order valence-electron chi connectivity index (χ1n) is 3.96. The molecule has 0 fully saturated rings. The number of hydrogen-bond donors (Lipinski definition) is 1. The fourth-order valence-corrected chi connectivity index (χ4v) is 1.59. The number of allylic oxidation sites excluding steroid dienone is 4. The van der Waals surface area contributed by atoms with Crippen LogP contribution in [0.2, 0.25) is 0 Å². The second-order valence-electron chi connectivity index (χ2n) is 2.61. The lowest BCUT2D eigenvalue weighted by Gasteiger charge is -2.01. The van der Waals surface area contributed by atoms with Crippen LogP contribution in [0.25, 0.3) is 0 Å². The molecule has 0 aliphatic carbocycles. The van der Waals surface area contributed by atoms with Gasteiger partial charge in [-0.05, 0) is 25.0 Å². The van der Waals surface area contributed by atoms with Crippen molar-refractivity contribution in [3.63, 3.8) is 0 Å². The van der Waals surface area contributed by atoms with E-state index in [1.165, 1.54) is 12.2 Å². The van der Waals surface area contributed by atoms with Crippen molar-refractivity contribution >= 4 is 10.0 Å². The monoisotopic (exact) mass is 201 g/mol. The van der Waals surface area contributed by atoms with Gasteiger partial charge in [-0.1, -0.05) is 25.7 Å². The second kappa shape index (κ2) is 4.99. The van der Waals surface area contributed by atoms with Gasteiger partial charge in [0.1, 0.15) is 0 Å². The van der Waals surface area contributed by atoms with Crippen LogP contribution in [0.4, 0.5) is 0 Å². The molecule has 74 valence electrons. The lowest BCUT2D eigenvalue weighted by Crippen LogP contribution is -2.14. The first-order valence-corrected chi connectivity index (χ1v) is 5.50. The predicted octanol–water partition coefficient (Wildman–Crippen LogP) is 1.70. The fraction of sp³-hybridized carbons (Fsp3) is 0.333. The first-order chi connectivity index (χ1) is 5.93. The van der Waals surface area contributed by atoms with E-state index in [1.807, 2.05) is 6.92 Å². The Kier molecular flexibility index (Phi) is 4.66. The lowest BCUT2D eigenvalue weighted by atomic mass is 10.2. The molecule has 0 saturated heterocycles. The molecule has 3 nitrogen and oxygen atoms in total. The lowest BCUT2D eigenvalue weighted by molar-refractivity contribution is 0.604. The Bertz CT molecular complexity index is 337. The van der Waals surface area contributed by atoms with E-state index in [2.05, 4.69) is 6.58 Å². The molecule has 0 rings (SSSR count). The van der Waals surface area contributed by atoms with Crippen LogP contribution in [-0.4, -0.2) is 8.42 Å². The smallest absolute Gasteiger partial charge is 0.225 e. The number of sulfonamides is 1. The minimum atomic E-state index is -3.63. The van der Waals surface area contributed by atoms with Gasteiger partial charge in [-0.2, -0.15) is 0 Å². The van der Waals surface area contributed by atoms with E-state index in [4.69, 9.17) is 5.14 Å². The summed E-state index contributed by atoms with van der Waals surface area (Å²) in [5.74, 6) is 0. The molecule has 4 heteroatoms. The van der Waals surface area contributed by atoms with Crippen LogP contribution in [0, 0.1) is 0 Å². The van der Waals surface area contributed by atoms with E-state index >= 15 is 0 Å². The molecule has 0 aliphatic heterocycles. The van der Waals surface area contributed by atoms with Crippen molar-refractivity contribution in [1.82, 2.24) is 0 Å². The van der Waals surface area contributed by atoms with Crippen molar-refractivity contribution < 1.29 is 8.42 Å². The van der Waals surface area contributed by atoms with Crippen molar-refractivity contribution in [3.05, 3.63) is 35.3 Å². The number of nitrogens with two attached hydrogens (primary N) is 1. The molecule has 0 unspecified atom stereocenters. The minimum absolute atomic E-state index is 0.129. The van der Waals surface area contributed by atoms with E-state index in [0.717, 1.165) is 6.42 Å². The van der Waals surface area contributed by atoms with Crippen molar-refractivity contribution in [3.8, 4) is 0 Å². The summed E-state index contributed by atoms with van der Waals surface area (Å²) in [6.07, 6.45) is 5.49. The van der Waals surface area contributed by atoms with E-state index < -0.39 is 10.0 Å². The standard InChI is InChI=1S/C9H15NO2S/c1-4-6-7-9(8(3)5-2)13(10,11)12/h5-7H,2,4H2,1,3H3,(H2,10,11,12)/b7-6-,9-8+. The van der Waals surface area contributed by atoms with Gasteiger partial charge in [-0.3, -0.25) is 0 Å². The van der Waals surface area contributed by atoms with Crippen LogP contribution in [-0.2, 0) is 10.0 Å². The predicted molar refractivity (Wildman–Crippen MR) is 55.4 cm³/mol. The van der Waals surface area contributed by atoms with Gasteiger partial charge in [0.05, 0.1) is 4.91 Å². The van der Waals surface area contributed by atoms with E-state index in [9.17, 15) is 8.42 Å². The Morgan fingerprint density at radius 2 is 2.08 bits per heavy atom. The van der Waals surface area contributed by atoms with Gasteiger partial charge in [0.2, 0.25) is 10.0 Å². The van der Waals surface area contributed by atoms with Crippen molar-refractivity contribution in [2.45, 2.75) is 20.3 Å². The Labute approximate surface area is 79.7 Å². The van der Waals surface area contributed by atoms with Gasteiger partial charge in [0.25, 0.3) is 0 Å². The Hall–Kier alpha value is -0.870. The molecule has 0 radical (unpaired) electrons. The highest BCUT2D eigenvalue weighted by atomic mass is 32.2.